The maximum absolute atomic E-state index is 12.7. The lowest BCUT2D eigenvalue weighted by molar-refractivity contribution is 0.102. The van der Waals surface area contributed by atoms with Crippen LogP contribution >= 0.6 is 0 Å². The fourth-order valence-corrected chi connectivity index (χ4v) is 3.94. The molecule has 1 fully saturated rings. The lowest BCUT2D eigenvalue weighted by Crippen LogP contribution is -2.44. The molecule has 1 aliphatic heterocycles. The molecule has 3 heterocycles. The van der Waals surface area contributed by atoms with Crippen molar-refractivity contribution in [2.75, 3.05) is 48.8 Å². The smallest absolute Gasteiger partial charge is 0.276 e. The van der Waals surface area contributed by atoms with Crippen molar-refractivity contribution in [3.8, 4) is 5.75 Å². The van der Waals surface area contributed by atoms with Crippen molar-refractivity contribution >= 4 is 28.7 Å². The predicted molar refractivity (Wildman–Crippen MR) is 133 cm³/mol. The number of hydrogen-bond donors (Lipinski definition) is 3. The number of amides is 1. The summed E-state index contributed by atoms with van der Waals surface area (Å²) in [7, 11) is 2.16. The number of nitrogens with one attached hydrogen (secondary N) is 2. The molecule has 174 valence electrons. The molecule has 9 heteroatoms. The SMILES string of the molecule is CN1CCN(c2ccc(CNc3ccc4ncc(C(=O)Nc5ccc(O)cc5)n4n3)cc2)CC1. The van der Waals surface area contributed by atoms with Crippen molar-refractivity contribution < 1.29 is 9.90 Å². The van der Waals surface area contributed by atoms with Crippen LogP contribution in [-0.2, 0) is 6.54 Å². The fraction of sp³-hybridized carbons (Fsp3) is 0.240. The van der Waals surface area contributed by atoms with Gasteiger partial charge in [0.15, 0.2) is 11.3 Å². The number of fused-ring (bicyclic) bond motifs is 1. The van der Waals surface area contributed by atoms with E-state index < -0.39 is 0 Å². The minimum atomic E-state index is -0.331. The summed E-state index contributed by atoms with van der Waals surface area (Å²) in [5, 5.41) is 20.1. The van der Waals surface area contributed by atoms with Crippen LogP contribution in [0.4, 0.5) is 17.2 Å². The van der Waals surface area contributed by atoms with E-state index in [0.29, 0.717) is 29.4 Å². The standard InChI is InChI=1S/C25H27N7O2/c1-30-12-14-31(15-13-30)20-6-2-18(3-7-20)16-26-23-10-11-24-27-17-22(32(24)29-23)25(34)28-19-4-8-21(33)9-5-19/h2-11,17,33H,12-16H2,1H3,(H,26,29)(H,28,34). The second kappa shape index (κ2) is 9.40. The Hall–Kier alpha value is -4.11. The van der Waals surface area contributed by atoms with Crippen LogP contribution in [-0.4, -0.2) is 63.7 Å². The van der Waals surface area contributed by atoms with E-state index in [0.717, 1.165) is 31.7 Å². The number of phenolic OH excluding ortho intramolecular Hbond substituents is 1. The Bertz CT molecular complexity index is 1280. The van der Waals surface area contributed by atoms with Gasteiger partial charge in [-0.3, -0.25) is 4.79 Å². The van der Waals surface area contributed by atoms with Crippen molar-refractivity contribution in [2.24, 2.45) is 0 Å². The largest absolute Gasteiger partial charge is 0.508 e. The number of likely N-dealkylation sites (N-methyl/N-ethyl adjacent to an activating group) is 1. The molecule has 5 rings (SSSR count). The number of carbonyl (C=O) groups excluding carboxylic acids is 1. The number of carbonyl (C=O) groups is 1. The van der Waals surface area contributed by atoms with Crippen LogP contribution in [0.2, 0.25) is 0 Å². The first-order chi connectivity index (χ1) is 16.5. The van der Waals surface area contributed by atoms with Gasteiger partial charge in [-0.05, 0) is 61.1 Å². The molecule has 2 aromatic heterocycles. The van der Waals surface area contributed by atoms with Crippen molar-refractivity contribution in [1.29, 1.82) is 0 Å². The Morgan fingerprint density at radius 3 is 2.44 bits per heavy atom. The molecular weight excluding hydrogens is 430 g/mol. The number of imidazole rings is 1. The number of aromatic nitrogens is 3. The second-order valence-corrected chi connectivity index (χ2v) is 8.44. The number of aromatic hydroxyl groups is 1. The van der Waals surface area contributed by atoms with Gasteiger partial charge in [0.2, 0.25) is 0 Å². The van der Waals surface area contributed by atoms with Crippen LogP contribution in [0, 0.1) is 0 Å². The Morgan fingerprint density at radius 1 is 0.971 bits per heavy atom. The normalized spacial score (nSPS) is 14.3. The zero-order valence-electron chi connectivity index (χ0n) is 19.0. The van der Waals surface area contributed by atoms with E-state index in [4.69, 9.17) is 0 Å². The van der Waals surface area contributed by atoms with Crippen molar-refractivity contribution in [2.45, 2.75) is 6.54 Å². The van der Waals surface area contributed by atoms with Gasteiger partial charge in [-0.15, -0.1) is 5.10 Å². The summed E-state index contributed by atoms with van der Waals surface area (Å²) in [6, 6.07) is 18.6. The lowest BCUT2D eigenvalue weighted by atomic mass is 10.2. The number of phenols is 1. The summed E-state index contributed by atoms with van der Waals surface area (Å²) in [6.45, 7) is 4.88. The van der Waals surface area contributed by atoms with Crippen molar-refractivity contribution in [3.05, 3.63) is 78.1 Å². The van der Waals surface area contributed by atoms with Crippen LogP contribution in [0.1, 0.15) is 16.1 Å². The fourth-order valence-electron chi connectivity index (χ4n) is 3.94. The van der Waals surface area contributed by atoms with Crippen LogP contribution in [0.3, 0.4) is 0 Å². The molecule has 1 amide bonds. The van der Waals surface area contributed by atoms with Crippen LogP contribution in [0.15, 0.2) is 66.9 Å². The van der Waals surface area contributed by atoms with Gasteiger partial charge in [-0.25, -0.2) is 9.50 Å². The first kappa shape index (κ1) is 21.7. The maximum atomic E-state index is 12.7. The Kier molecular flexibility index (Phi) is 6.01. The van der Waals surface area contributed by atoms with Gasteiger partial charge in [-0.1, -0.05) is 12.1 Å². The minimum absolute atomic E-state index is 0.138. The average molecular weight is 458 g/mol. The van der Waals surface area contributed by atoms with Crippen LogP contribution in [0.5, 0.6) is 5.75 Å². The Morgan fingerprint density at radius 2 is 1.71 bits per heavy atom. The quantitative estimate of drug-likeness (QED) is 0.383. The molecule has 3 N–H and O–H groups in total. The first-order valence-corrected chi connectivity index (χ1v) is 11.3. The molecule has 0 bridgehead atoms. The molecule has 0 saturated carbocycles. The molecule has 1 aliphatic rings. The summed E-state index contributed by atoms with van der Waals surface area (Å²) >= 11 is 0. The highest BCUT2D eigenvalue weighted by Crippen LogP contribution is 2.19. The molecule has 0 spiro atoms. The minimum Gasteiger partial charge on any atom is -0.508 e. The highest BCUT2D eigenvalue weighted by Gasteiger charge is 2.15. The number of rotatable bonds is 6. The van der Waals surface area contributed by atoms with E-state index in [1.807, 2.05) is 12.1 Å². The molecule has 9 nitrogen and oxygen atoms in total. The zero-order valence-corrected chi connectivity index (χ0v) is 19.0. The van der Waals surface area contributed by atoms with Gasteiger partial charge in [-0.2, -0.15) is 0 Å². The van der Waals surface area contributed by atoms with Gasteiger partial charge in [0.1, 0.15) is 11.6 Å². The van der Waals surface area contributed by atoms with E-state index in [9.17, 15) is 9.90 Å². The maximum Gasteiger partial charge on any atom is 0.276 e. The zero-order chi connectivity index (χ0) is 23.5. The number of nitrogens with zero attached hydrogens (tertiary/aromatic N) is 5. The molecule has 34 heavy (non-hydrogen) atoms. The summed E-state index contributed by atoms with van der Waals surface area (Å²) in [4.78, 5) is 21.8. The third-order valence-electron chi connectivity index (χ3n) is 6.00. The van der Waals surface area contributed by atoms with Gasteiger partial charge in [0.05, 0.1) is 6.20 Å². The van der Waals surface area contributed by atoms with E-state index in [1.54, 1.807) is 12.1 Å². The van der Waals surface area contributed by atoms with Crippen molar-refractivity contribution in [3.63, 3.8) is 0 Å². The summed E-state index contributed by atoms with van der Waals surface area (Å²) in [5.41, 5.74) is 3.88. The van der Waals surface area contributed by atoms with Gasteiger partial charge < -0.3 is 25.5 Å². The van der Waals surface area contributed by atoms with E-state index >= 15 is 0 Å². The third kappa shape index (κ3) is 4.79. The predicted octanol–water partition coefficient (Wildman–Crippen LogP) is 3.05. The van der Waals surface area contributed by atoms with Crippen molar-refractivity contribution in [1.82, 2.24) is 19.5 Å². The Labute approximate surface area is 197 Å². The molecule has 0 unspecified atom stereocenters. The lowest BCUT2D eigenvalue weighted by Gasteiger charge is -2.34. The molecule has 0 atom stereocenters. The monoisotopic (exact) mass is 457 g/mol. The number of anilines is 3. The number of hydrogen-bond acceptors (Lipinski definition) is 7. The summed E-state index contributed by atoms with van der Waals surface area (Å²) in [5.74, 6) is 0.453. The number of piperazine rings is 1. The Balaban J connectivity index is 1.24. The van der Waals surface area contributed by atoms with Gasteiger partial charge in [0, 0.05) is 44.1 Å². The molecular formula is C25H27N7O2. The van der Waals surface area contributed by atoms with Gasteiger partial charge in [0.25, 0.3) is 5.91 Å². The average Bonchev–Trinajstić information content (AvgIpc) is 3.28. The summed E-state index contributed by atoms with van der Waals surface area (Å²) < 4.78 is 1.52. The first-order valence-electron chi connectivity index (χ1n) is 11.3. The van der Waals surface area contributed by atoms with Crippen LogP contribution < -0.4 is 15.5 Å². The highest BCUT2D eigenvalue weighted by atomic mass is 16.3. The van der Waals surface area contributed by atoms with Crippen LogP contribution in [0.25, 0.3) is 5.65 Å². The summed E-state index contributed by atoms with van der Waals surface area (Å²) in [6.07, 6.45) is 1.50. The second-order valence-electron chi connectivity index (χ2n) is 8.44. The van der Waals surface area contributed by atoms with E-state index in [-0.39, 0.29) is 11.7 Å². The third-order valence-corrected chi connectivity index (χ3v) is 6.00. The number of benzene rings is 2. The molecule has 2 aromatic carbocycles. The van der Waals surface area contributed by atoms with E-state index in [1.165, 1.54) is 28.5 Å². The molecule has 0 aliphatic carbocycles. The molecule has 1 saturated heterocycles. The van der Waals surface area contributed by atoms with Gasteiger partial charge >= 0.3 is 0 Å². The highest BCUT2D eigenvalue weighted by molar-refractivity contribution is 6.03. The topological polar surface area (TPSA) is 98.0 Å². The van der Waals surface area contributed by atoms with E-state index in [2.05, 4.69) is 61.8 Å². The molecule has 0 radical (unpaired) electrons. The molecule has 4 aromatic rings.